The average Bonchev–Trinajstić information content (AvgIpc) is 3.09. The van der Waals surface area contributed by atoms with E-state index in [1.807, 2.05) is 39.8 Å². The Morgan fingerprint density at radius 1 is 1.47 bits per heavy atom. The van der Waals surface area contributed by atoms with Crippen molar-refractivity contribution in [3.8, 4) is 0 Å². The van der Waals surface area contributed by atoms with E-state index in [0.717, 1.165) is 37.8 Å². The minimum Gasteiger partial charge on any atom is -0.444 e. The predicted octanol–water partition coefficient (Wildman–Crippen LogP) is 3.35. The average molecular weight is 553 g/mol. The third-order valence-corrected chi connectivity index (χ3v) is 4.62. The largest absolute Gasteiger partial charge is 0.444 e. The van der Waals surface area contributed by atoms with Crippen molar-refractivity contribution in [1.29, 1.82) is 0 Å². The molecule has 2 N–H and O–H groups in total. The van der Waals surface area contributed by atoms with Crippen molar-refractivity contribution in [2.75, 3.05) is 44.7 Å². The first kappa shape index (κ1) is 26.5. The summed E-state index contributed by atoms with van der Waals surface area (Å²) in [5.41, 5.74) is -0.504. The Labute approximate surface area is 201 Å². The Balaban J connectivity index is 0.00000450. The Kier molecular flexibility index (Phi) is 11.0. The molecule has 0 aromatic carbocycles. The van der Waals surface area contributed by atoms with Crippen LogP contribution in [-0.4, -0.2) is 73.4 Å². The van der Waals surface area contributed by atoms with Gasteiger partial charge in [-0.25, -0.2) is 9.78 Å². The Hall–Kier alpha value is -1.49. The third kappa shape index (κ3) is 8.71. The lowest BCUT2D eigenvalue weighted by Crippen LogP contribution is -2.45. The van der Waals surface area contributed by atoms with Crippen molar-refractivity contribution in [2.24, 2.45) is 4.99 Å². The summed E-state index contributed by atoms with van der Waals surface area (Å²) in [6.07, 6.45) is 2.38. The maximum absolute atomic E-state index is 12.0. The van der Waals surface area contributed by atoms with Crippen LogP contribution in [0.2, 0.25) is 5.02 Å². The normalized spacial score (nSPS) is 16.7. The van der Waals surface area contributed by atoms with Gasteiger partial charge in [0.05, 0.1) is 11.6 Å². The molecular formula is C20H34ClIN6O2. The number of hydrogen-bond donors (Lipinski definition) is 2. The van der Waals surface area contributed by atoms with Crippen LogP contribution >= 0.6 is 35.6 Å². The fourth-order valence-corrected chi connectivity index (χ4v) is 3.18. The molecule has 170 valence electrons. The Morgan fingerprint density at radius 2 is 2.20 bits per heavy atom. The number of nitrogens with zero attached hydrogens (tertiary/aromatic N) is 4. The van der Waals surface area contributed by atoms with E-state index in [-0.39, 0.29) is 36.1 Å². The van der Waals surface area contributed by atoms with Crippen LogP contribution in [0.15, 0.2) is 23.3 Å². The summed E-state index contributed by atoms with van der Waals surface area (Å²) in [4.78, 5) is 24.7. The molecule has 0 saturated carbocycles. The lowest BCUT2D eigenvalue weighted by atomic mass is 10.2. The molecular weight excluding hydrogens is 519 g/mol. The number of guanidine groups is 1. The van der Waals surface area contributed by atoms with Crippen molar-refractivity contribution in [2.45, 2.75) is 45.8 Å². The van der Waals surface area contributed by atoms with Gasteiger partial charge in [0.15, 0.2) is 5.96 Å². The van der Waals surface area contributed by atoms with Crippen molar-refractivity contribution < 1.29 is 9.53 Å². The summed E-state index contributed by atoms with van der Waals surface area (Å²) in [5, 5.41) is 7.40. The first-order chi connectivity index (χ1) is 13.7. The van der Waals surface area contributed by atoms with Crippen LogP contribution in [0, 0.1) is 0 Å². The van der Waals surface area contributed by atoms with Crippen molar-refractivity contribution in [3.63, 3.8) is 0 Å². The van der Waals surface area contributed by atoms with Crippen LogP contribution in [0.5, 0.6) is 0 Å². The summed E-state index contributed by atoms with van der Waals surface area (Å²) in [6.45, 7) is 11.0. The zero-order valence-electron chi connectivity index (χ0n) is 18.4. The minimum atomic E-state index is -0.504. The van der Waals surface area contributed by atoms with Gasteiger partial charge in [-0.3, -0.25) is 4.99 Å². The number of aromatic nitrogens is 1. The highest BCUT2D eigenvalue weighted by Gasteiger charge is 2.25. The van der Waals surface area contributed by atoms with Gasteiger partial charge in [-0.05, 0) is 46.2 Å². The number of aliphatic imine (C=N–C) groups is 1. The molecule has 10 heteroatoms. The number of anilines is 1. The highest BCUT2D eigenvalue weighted by Crippen LogP contribution is 2.25. The molecule has 1 fully saturated rings. The minimum absolute atomic E-state index is 0. The molecule has 1 saturated heterocycles. The summed E-state index contributed by atoms with van der Waals surface area (Å²) < 4.78 is 5.36. The van der Waals surface area contributed by atoms with Crippen LogP contribution in [0.25, 0.3) is 0 Å². The van der Waals surface area contributed by atoms with E-state index in [1.165, 1.54) is 0 Å². The van der Waals surface area contributed by atoms with Gasteiger partial charge in [0, 0.05) is 45.5 Å². The molecule has 1 atom stereocenters. The number of rotatable bonds is 6. The lowest BCUT2D eigenvalue weighted by molar-refractivity contribution is 0.0304. The van der Waals surface area contributed by atoms with Gasteiger partial charge in [-0.15, -0.1) is 24.0 Å². The van der Waals surface area contributed by atoms with Crippen molar-refractivity contribution >= 4 is 53.4 Å². The highest BCUT2D eigenvalue weighted by atomic mass is 127. The van der Waals surface area contributed by atoms with E-state index in [4.69, 9.17) is 16.3 Å². The molecule has 1 aliphatic rings. The van der Waals surface area contributed by atoms with E-state index in [1.54, 1.807) is 18.1 Å². The number of halogens is 2. The summed E-state index contributed by atoms with van der Waals surface area (Å²) in [5.74, 6) is 1.56. The molecule has 0 spiro atoms. The van der Waals surface area contributed by atoms with Crippen LogP contribution in [0.3, 0.4) is 0 Å². The molecule has 0 aliphatic carbocycles. The number of pyridine rings is 1. The number of carbonyl (C=O) groups excluding carboxylic acids is 1. The van der Waals surface area contributed by atoms with Crippen LogP contribution in [0.4, 0.5) is 10.6 Å². The SMILES string of the molecule is CCNC(=NCCN(C)C(=O)OC(C)(C)C)NC1CCN(c2ncccc2Cl)C1.I. The van der Waals surface area contributed by atoms with Gasteiger partial charge < -0.3 is 25.2 Å². The van der Waals surface area contributed by atoms with E-state index in [9.17, 15) is 4.79 Å². The van der Waals surface area contributed by atoms with Gasteiger partial charge in [-0.1, -0.05) is 11.6 Å². The quantitative estimate of drug-likeness (QED) is 0.320. The summed E-state index contributed by atoms with van der Waals surface area (Å²) in [7, 11) is 1.72. The lowest BCUT2D eigenvalue weighted by Gasteiger charge is -2.24. The third-order valence-electron chi connectivity index (χ3n) is 4.32. The Morgan fingerprint density at radius 3 is 2.83 bits per heavy atom. The molecule has 1 unspecified atom stereocenters. The summed E-state index contributed by atoms with van der Waals surface area (Å²) in [6, 6.07) is 3.94. The van der Waals surface area contributed by atoms with Gasteiger partial charge in [0.2, 0.25) is 0 Å². The van der Waals surface area contributed by atoms with Crippen LogP contribution in [0.1, 0.15) is 34.1 Å². The first-order valence-corrected chi connectivity index (χ1v) is 10.4. The highest BCUT2D eigenvalue weighted by molar-refractivity contribution is 14.0. The standard InChI is InChI=1S/C20H33ClN6O2.HI/c1-6-22-18(24-11-13-26(5)19(28)29-20(2,3)4)25-15-9-12-27(14-15)17-16(21)8-7-10-23-17;/h7-8,10,15H,6,9,11-14H2,1-5H3,(H2,22,24,25);1H. The van der Waals surface area contributed by atoms with Gasteiger partial charge in [-0.2, -0.15) is 0 Å². The number of ether oxygens (including phenoxy) is 1. The second-order valence-electron chi connectivity index (χ2n) is 8.05. The maximum Gasteiger partial charge on any atom is 0.410 e. The number of nitrogens with one attached hydrogen (secondary N) is 2. The number of carbonyl (C=O) groups is 1. The molecule has 2 heterocycles. The second kappa shape index (κ2) is 12.4. The van der Waals surface area contributed by atoms with Crippen molar-refractivity contribution in [1.82, 2.24) is 20.5 Å². The van der Waals surface area contributed by atoms with E-state index in [2.05, 4.69) is 25.5 Å². The van der Waals surface area contributed by atoms with E-state index in [0.29, 0.717) is 18.1 Å². The molecule has 1 aliphatic heterocycles. The molecule has 2 rings (SSSR count). The monoisotopic (exact) mass is 552 g/mol. The topological polar surface area (TPSA) is 82.1 Å². The number of hydrogen-bond acceptors (Lipinski definition) is 5. The van der Waals surface area contributed by atoms with E-state index >= 15 is 0 Å². The van der Waals surface area contributed by atoms with Crippen molar-refractivity contribution in [3.05, 3.63) is 23.4 Å². The predicted molar refractivity (Wildman–Crippen MR) is 133 cm³/mol. The zero-order valence-corrected chi connectivity index (χ0v) is 21.5. The molecule has 0 bridgehead atoms. The summed E-state index contributed by atoms with van der Waals surface area (Å²) >= 11 is 6.27. The van der Waals surface area contributed by atoms with Gasteiger partial charge >= 0.3 is 6.09 Å². The smallest absolute Gasteiger partial charge is 0.410 e. The molecule has 1 aromatic heterocycles. The van der Waals surface area contributed by atoms with Crippen LogP contribution in [-0.2, 0) is 4.74 Å². The second-order valence-corrected chi connectivity index (χ2v) is 8.45. The first-order valence-electron chi connectivity index (χ1n) is 10.0. The fourth-order valence-electron chi connectivity index (χ4n) is 2.94. The Bertz CT molecular complexity index is 713. The van der Waals surface area contributed by atoms with Crippen LogP contribution < -0.4 is 15.5 Å². The van der Waals surface area contributed by atoms with Gasteiger partial charge in [0.1, 0.15) is 11.4 Å². The zero-order chi connectivity index (χ0) is 21.4. The van der Waals surface area contributed by atoms with E-state index < -0.39 is 5.60 Å². The molecule has 8 nitrogen and oxygen atoms in total. The molecule has 0 radical (unpaired) electrons. The number of amides is 1. The van der Waals surface area contributed by atoms with Gasteiger partial charge in [0.25, 0.3) is 0 Å². The molecule has 1 aromatic rings. The maximum atomic E-state index is 12.0. The number of likely N-dealkylation sites (N-methyl/N-ethyl adjacent to an activating group) is 1. The molecule has 1 amide bonds. The fraction of sp³-hybridized carbons (Fsp3) is 0.650. The molecule has 30 heavy (non-hydrogen) atoms.